The maximum absolute atomic E-state index is 12.4. The molecule has 1 N–H and O–H groups in total. The van der Waals surface area contributed by atoms with Crippen molar-refractivity contribution in [1.29, 1.82) is 0 Å². The molecule has 116 valence electrons. The lowest BCUT2D eigenvalue weighted by Gasteiger charge is -2.10. The first-order chi connectivity index (χ1) is 11.1. The van der Waals surface area contributed by atoms with E-state index in [1.165, 1.54) is 5.56 Å². The predicted molar refractivity (Wildman–Crippen MR) is 91.6 cm³/mol. The van der Waals surface area contributed by atoms with Gasteiger partial charge in [-0.3, -0.25) is 4.79 Å². The molecule has 0 saturated heterocycles. The summed E-state index contributed by atoms with van der Waals surface area (Å²) < 4.78 is 1.79. The van der Waals surface area contributed by atoms with Crippen LogP contribution in [0.2, 0.25) is 0 Å². The van der Waals surface area contributed by atoms with Crippen LogP contribution in [-0.2, 0) is 6.54 Å². The van der Waals surface area contributed by atoms with Crippen molar-refractivity contribution in [2.75, 3.05) is 5.32 Å². The van der Waals surface area contributed by atoms with Crippen LogP contribution in [0.3, 0.4) is 0 Å². The third-order valence-corrected chi connectivity index (χ3v) is 3.65. The molecule has 1 aromatic heterocycles. The molecule has 0 aliphatic carbocycles. The van der Waals surface area contributed by atoms with Crippen molar-refractivity contribution in [2.45, 2.75) is 20.4 Å². The summed E-state index contributed by atoms with van der Waals surface area (Å²) >= 11 is 0. The minimum absolute atomic E-state index is 0.125. The second kappa shape index (κ2) is 6.48. The van der Waals surface area contributed by atoms with Crippen molar-refractivity contribution in [3.63, 3.8) is 0 Å². The molecule has 4 nitrogen and oxygen atoms in total. The first-order valence-electron chi connectivity index (χ1n) is 7.57. The molecule has 23 heavy (non-hydrogen) atoms. The van der Waals surface area contributed by atoms with E-state index >= 15 is 0 Å². The van der Waals surface area contributed by atoms with Crippen molar-refractivity contribution in [2.24, 2.45) is 0 Å². The van der Waals surface area contributed by atoms with Crippen LogP contribution in [0.5, 0.6) is 0 Å². The van der Waals surface area contributed by atoms with E-state index in [4.69, 9.17) is 0 Å². The summed E-state index contributed by atoms with van der Waals surface area (Å²) in [5.74, 6) is 0.567. The standard InChI is InChI=1S/C19H19N3O/c1-14-5-3-7-16(11-14)13-22-18(9-10-20-22)21-19(23)17-8-4-6-15(2)12-17/h3-12H,13H2,1-2H3,(H,21,23). The summed E-state index contributed by atoms with van der Waals surface area (Å²) in [7, 11) is 0. The Hall–Kier alpha value is -2.88. The number of hydrogen-bond donors (Lipinski definition) is 1. The Morgan fingerprint density at radius 2 is 1.78 bits per heavy atom. The topological polar surface area (TPSA) is 46.9 Å². The number of amides is 1. The Bertz CT molecular complexity index is 836. The van der Waals surface area contributed by atoms with E-state index in [-0.39, 0.29) is 5.91 Å². The molecule has 3 aromatic rings. The number of carbonyl (C=O) groups is 1. The van der Waals surface area contributed by atoms with Gasteiger partial charge in [0.1, 0.15) is 5.82 Å². The smallest absolute Gasteiger partial charge is 0.256 e. The van der Waals surface area contributed by atoms with E-state index in [0.29, 0.717) is 17.9 Å². The van der Waals surface area contributed by atoms with E-state index in [1.54, 1.807) is 10.9 Å². The molecule has 0 saturated carbocycles. The van der Waals surface area contributed by atoms with Gasteiger partial charge >= 0.3 is 0 Å². The summed E-state index contributed by atoms with van der Waals surface area (Å²) in [6.45, 7) is 4.66. The molecule has 0 radical (unpaired) electrons. The maximum atomic E-state index is 12.4. The summed E-state index contributed by atoms with van der Waals surface area (Å²) in [6, 6.07) is 17.6. The Morgan fingerprint density at radius 3 is 2.52 bits per heavy atom. The molecule has 1 heterocycles. The Balaban J connectivity index is 1.77. The summed E-state index contributed by atoms with van der Waals surface area (Å²) in [5.41, 5.74) is 4.07. The molecule has 0 spiro atoms. The number of hydrogen-bond acceptors (Lipinski definition) is 2. The number of aryl methyl sites for hydroxylation is 2. The van der Waals surface area contributed by atoms with Crippen LogP contribution < -0.4 is 5.32 Å². The van der Waals surface area contributed by atoms with Gasteiger partial charge in [0.05, 0.1) is 12.7 Å². The predicted octanol–water partition coefficient (Wildman–Crippen LogP) is 3.80. The SMILES string of the molecule is Cc1cccc(Cn2nccc2NC(=O)c2cccc(C)c2)c1. The zero-order valence-corrected chi connectivity index (χ0v) is 13.3. The average Bonchev–Trinajstić information content (AvgIpc) is 2.94. The largest absolute Gasteiger partial charge is 0.307 e. The number of benzene rings is 2. The second-order valence-electron chi connectivity index (χ2n) is 5.69. The fourth-order valence-electron chi connectivity index (χ4n) is 2.52. The van der Waals surface area contributed by atoms with Gasteiger partial charge in [-0.05, 0) is 31.5 Å². The van der Waals surface area contributed by atoms with Gasteiger partial charge in [0.25, 0.3) is 5.91 Å². The second-order valence-corrected chi connectivity index (χ2v) is 5.69. The fraction of sp³-hybridized carbons (Fsp3) is 0.158. The van der Waals surface area contributed by atoms with E-state index in [9.17, 15) is 4.79 Å². The number of rotatable bonds is 4. The molecular weight excluding hydrogens is 286 g/mol. The van der Waals surface area contributed by atoms with Crippen molar-refractivity contribution >= 4 is 11.7 Å². The van der Waals surface area contributed by atoms with Gasteiger partial charge in [-0.15, -0.1) is 0 Å². The van der Waals surface area contributed by atoms with Crippen LogP contribution in [0.15, 0.2) is 60.8 Å². The van der Waals surface area contributed by atoms with Crippen LogP contribution in [0.4, 0.5) is 5.82 Å². The van der Waals surface area contributed by atoms with Crippen LogP contribution in [0, 0.1) is 13.8 Å². The number of nitrogens with one attached hydrogen (secondary N) is 1. The number of carbonyl (C=O) groups excluding carboxylic acids is 1. The number of aromatic nitrogens is 2. The Kier molecular flexibility index (Phi) is 4.24. The lowest BCUT2D eigenvalue weighted by Crippen LogP contribution is -2.16. The zero-order chi connectivity index (χ0) is 16.2. The summed E-state index contributed by atoms with van der Waals surface area (Å²) in [4.78, 5) is 12.4. The maximum Gasteiger partial charge on any atom is 0.256 e. The van der Waals surface area contributed by atoms with Crippen molar-refractivity contribution in [1.82, 2.24) is 9.78 Å². The zero-order valence-electron chi connectivity index (χ0n) is 13.3. The highest BCUT2D eigenvalue weighted by Crippen LogP contribution is 2.13. The minimum atomic E-state index is -0.125. The third kappa shape index (κ3) is 3.66. The molecule has 2 aromatic carbocycles. The molecule has 0 bridgehead atoms. The Morgan fingerprint density at radius 1 is 1.04 bits per heavy atom. The number of nitrogens with zero attached hydrogens (tertiary/aromatic N) is 2. The van der Waals surface area contributed by atoms with Gasteiger partial charge < -0.3 is 5.32 Å². The molecular formula is C19H19N3O. The van der Waals surface area contributed by atoms with Gasteiger partial charge in [0.15, 0.2) is 0 Å². The molecule has 3 rings (SSSR count). The van der Waals surface area contributed by atoms with Gasteiger partial charge in [0.2, 0.25) is 0 Å². The van der Waals surface area contributed by atoms with Gasteiger partial charge in [-0.2, -0.15) is 5.10 Å². The molecule has 0 fully saturated rings. The monoisotopic (exact) mass is 305 g/mol. The van der Waals surface area contributed by atoms with E-state index in [2.05, 4.69) is 35.5 Å². The van der Waals surface area contributed by atoms with E-state index in [0.717, 1.165) is 11.1 Å². The van der Waals surface area contributed by atoms with Crippen LogP contribution >= 0.6 is 0 Å². The average molecular weight is 305 g/mol. The quantitative estimate of drug-likeness (QED) is 0.797. The highest BCUT2D eigenvalue weighted by atomic mass is 16.1. The molecule has 0 atom stereocenters. The summed E-state index contributed by atoms with van der Waals surface area (Å²) in [6.07, 6.45) is 1.70. The first-order valence-corrected chi connectivity index (χ1v) is 7.57. The van der Waals surface area contributed by atoms with Crippen LogP contribution in [0.1, 0.15) is 27.0 Å². The van der Waals surface area contributed by atoms with Crippen LogP contribution in [-0.4, -0.2) is 15.7 Å². The first kappa shape index (κ1) is 15.0. The van der Waals surface area contributed by atoms with Crippen molar-refractivity contribution < 1.29 is 4.79 Å². The van der Waals surface area contributed by atoms with Crippen molar-refractivity contribution in [3.05, 3.63) is 83.0 Å². The van der Waals surface area contributed by atoms with Crippen molar-refractivity contribution in [3.8, 4) is 0 Å². The van der Waals surface area contributed by atoms with E-state index in [1.807, 2.05) is 43.3 Å². The Labute approximate surface area is 135 Å². The molecule has 0 aliphatic rings. The molecule has 4 heteroatoms. The summed E-state index contributed by atoms with van der Waals surface area (Å²) in [5, 5.41) is 7.24. The lowest BCUT2D eigenvalue weighted by molar-refractivity contribution is 0.102. The lowest BCUT2D eigenvalue weighted by atomic mass is 10.1. The van der Waals surface area contributed by atoms with Gasteiger partial charge in [-0.1, -0.05) is 47.5 Å². The van der Waals surface area contributed by atoms with Crippen LogP contribution in [0.25, 0.3) is 0 Å². The molecule has 0 unspecified atom stereocenters. The highest BCUT2D eigenvalue weighted by Gasteiger charge is 2.10. The number of anilines is 1. The van der Waals surface area contributed by atoms with Gasteiger partial charge in [-0.25, -0.2) is 4.68 Å². The molecule has 1 amide bonds. The van der Waals surface area contributed by atoms with Gasteiger partial charge in [0, 0.05) is 11.6 Å². The van der Waals surface area contributed by atoms with E-state index < -0.39 is 0 Å². The minimum Gasteiger partial charge on any atom is -0.307 e. The fourth-order valence-corrected chi connectivity index (χ4v) is 2.52. The third-order valence-electron chi connectivity index (χ3n) is 3.65. The highest BCUT2D eigenvalue weighted by molar-refractivity contribution is 6.03. The normalized spacial score (nSPS) is 10.5. The molecule has 0 aliphatic heterocycles.